The van der Waals surface area contributed by atoms with Crippen LogP contribution in [0.2, 0.25) is 0 Å². The van der Waals surface area contributed by atoms with Gasteiger partial charge in [0, 0.05) is 18.4 Å². The van der Waals surface area contributed by atoms with Gasteiger partial charge in [-0.3, -0.25) is 16.3 Å². The molecule has 0 aliphatic carbocycles. The lowest BCUT2D eigenvalue weighted by molar-refractivity contribution is 0.596. The Labute approximate surface area is 73.0 Å². The highest BCUT2D eigenvalue weighted by atomic mass is 15.2. The maximum absolute atomic E-state index is 5.36. The smallest absolute Gasteiger partial charge is 0.0435 e. The zero-order valence-corrected chi connectivity index (χ0v) is 7.54. The van der Waals surface area contributed by atoms with Crippen molar-refractivity contribution in [1.29, 1.82) is 0 Å². The van der Waals surface area contributed by atoms with E-state index in [4.69, 9.17) is 5.84 Å². The summed E-state index contributed by atoms with van der Waals surface area (Å²) in [6.07, 6.45) is 4.68. The molecule has 3 N–H and O–H groups in total. The number of hydrogen-bond donors (Lipinski definition) is 2. The lowest BCUT2D eigenvalue weighted by Crippen LogP contribution is -2.26. The molecule has 1 unspecified atom stereocenters. The lowest BCUT2D eigenvalue weighted by Gasteiger charge is -2.13. The highest BCUT2D eigenvalue weighted by Crippen LogP contribution is 2.15. The molecule has 0 saturated carbocycles. The first kappa shape index (κ1) is 9.16. The Morgan fingerprint density at radius 2 is 2.42 bits per heavy atom. The molecule has 0 aliphatic rings. The van der Waals surface area contributed by atoms with Gasteiger partial charge >= 0.3 is 0 Å². The van der Waals surface area contributed by atoms with E-state index in [1.807, 2.05) is 19.2 Å². The number of hydrazine groups is 1. The van der Waals surface area contributed by atoms with E-state index in [0.29, 0.717) is 0 Å². The van der Waals surface area contributed by atoms with Gasteiger partial charge in [0.2, 0.25) is 0 Å². The maximum Gasteiger partial charge on any atom is 0.0435 e. The van der Waals surface area contributed by atoms with Gasteiger partial charge in [-0.05, 0) is 30.5 Å². The number of nitrogens with two attached hydrogens (primary N) is 1. The summed E-state index contributed by atoms with van der Waals surface area (Å²) in [5.41, 5.74) is 5.21. The van der Waals surface area contributed by atoms with Crippen molar-refractivity contribution in [3.63, 3.8) is 0 Å². The van der Waals surface area contributed by atoms with Crippen molar-refractivity contribution in [2.24, 2.45) is 5.84 Å². The van der Waals surface area contributed by atoms with Crippen LogP contribution in [-0.2, 0) is 6.42 Å². The van der Waals surface area contributed by atoms with Crippen LogP contribution in [0.3, 0.4) is 0 Å². The van der Waals surface area contributed by atoms with Gasteiger partial charge in [-0.15, -0.1) is 0 Å². The summed E-state index contributed by atoms with van der Waals surface area (Å²) in [5, 5.41) is 0. The molecule has 12 heavy (non-hydrogen) atoms. The van der Waals surface area contributed by atoms with Gasteiger partial charge in [-0.1, -0.05) is 6.92 Å². The van der Waals surface area contributed by atoms with Crippen LogP contribution in [-0.4, -0.2) is 4.98 Å². The highest BCUT2D eigenvalue weighted by Gasteiger charge is 2.06. The molecule has 3 heteroatoms. The summed E-state index contributed by atoms with van der Waals surface area (Å²) in [6.45, 7) is 4.15. The zero-order valence-electron chi connectivity index (χ0n) is 7.54. The van der Waals surface area contributed by atoms with Crippen molar-refractivity contribution in [3.8, 4) is 0 Å². The molecule has 0 bridgehead atoms. The minimum absolute atomic E-state index is 0.197. The first-order valence-electron chi connectivity index (χ1n) is 4.18. The average Bonchev–Trinajstić information content (AvgIpc) is 2.16. The van der Waals surface area contributed by atoms with Crippen molar-refractivity contribution in [1.82, 2.24) is 10.4 Å². The SMILES string of the molecule is CCc1cnccc1C(C)NN. The molecule has 66 valence electrons. The molecule has 1 atom stereocenters. The van der Waals surface area contributed by atoms with Gasteiger partial charge in [0.15, 0.2) is 0 Å². The van der Waals surface area contributed by atoms with E-state index in [9.17, 15) is 0 Å². The van der Waals surface area contributed by atoms with Crippen molar-refractivity contribution in [3.05, 3.63) is 29.6 Å². The number of aromatic nitrogens is 1. The fourth-order valence-corrected chi connectivity index (χ4v) is 1.25. The molecular weight excluding hydrogens is 150 g/mol. The summed E-state index contributed by atoms with van der Waals surface area (Å²) in [7, 11) is 0. The second kappa shape index (κ2) is 4.18. The van der Waals surface area contributed by atoms with E-state index in [-0.39, 0.29) is 6.04 Å². The van der Waals surface area contributed by atoms with Crippen LogP contribution in [0.1, 0.15) is 31.0 Å². The Morgan fingerprint density at radius 1 is 1.67 bits per heavy atom. The normalized spacial score (nSPS) is 12.9. The Morgan fingerprint density at radius 3 is 3.00 bits per heavy atom. The van der Waals surface area contributed by atoms with Crippen molar-refractivity contribution in [2.45, 2.75) is 26.3 Å². The minimum atomic E-state index is 0.197. The van der Waals surface area contributed by atoms with Crippen LogP contribution in [0.15, 0.2) is 18.5 Å². The van der Waals surface area contributed by atoms with Gasteiger partial charge in [-0.25, -0.2) is 0 Å². The zero-order chi connectivity index (χ0) is 8.97. The fourth-order valence-electron chi connectivity index (χ4n) is 1.25. The molecule has 0 fully saturated rings. The fraction of sp³-hybridized carbons (Fsp3) is 0.444. The van der Waals surface area contributed by atoms with Crippen LogP contribution in [0, 0.1) is 0 Å². The number of hydrogen-bond acceptors (Lipinski definition) is 3. The van der Waals surface area contributed by atoms with Gasteiger partial charge in [0.1, 0.15) is 0 Å². The summed E-state index contributed by atoms with van der Waals surface area (Å²) in [5.74, 6) is 5.36. The van der Waals surface area contributed by atoms with Gasteiger partial charge in [-0.2, -0.15) is 0 Å². The third kappa shape index (κ3) is 1.81. The maximum atomic E-state index is 5.36. The summed E-state index contributed by atoms with van der Waals surface area (Å²) in [6, 6.07) is 2.20. The lowest BCUT2D eigenvalue weighted by atomic mass is 10.0. The van der Waals surface area contributed by atoms with Gasteiger partial charge in [0.05, 0.1) is 0 Å². The van der Waals surface area contributed by atoms with Crippen LogP contribution < -0.4 is 11.3 Å². The molecular formula is C9H15N3. The second-order valence-corrected chi connectivity index (χ2v) is 2.82. The van der Waals surface area contributed by atoms with Crippen LogP contribution in [0.25, 0.3) is 0 Å². The highest BCUT2D eigenvalue weighted by molar-refractivity contribution is 5.25. The summed E-state index contributed by atoms with van der Waals surface area (Å²) in [4.78, 5) is 4.06. The molecule has 1 aromatic rings. The molecule has 0 amide bonds. The number of aryl methyl sites for hydroxylation is 1. The molecule has 0 aromatic carbocycles. The standard InChI is InChI=1S/C9H15N3/c1-3-8-6-11-5-4-9(8)7(2)12-10/h4-7,12H,3,10H2,1-2H3. The Balaban J connectivity index is 2.96. The number of rotatable bonds is 3. The molecule has 1 heterocycles. The molecule has 1 aromatic heterocycles. The third-order valence-corrected chi connectivity index (χ3v) is 2.04. The Hall–Kier alpha value is -0.930. The molecule has 0 aliphatic heterocycles. The molecule has 0 spiro atoms. The van der Waals surface area contributed by atoms with Crippen molar-refractivity contribution < 1.29 is 0 Å². The van der Waals surface area contributed by atoms with E-state index in [1.165, 1.54) is 11.1 Å². The number of pyridine rings is 1. The largest absolute Gasteiger partial charge is 0.271 e. The monoisotopic (exact) mass is 165 g/mol. The molecule has 1 rings (SSSR count). The van der Waals surface area contributed by atoms with E-state index in [1.54, 1.807) is 6.20 Å². The number of nitrogens with one attached hydrogen (secondary N) is 1. The van der Waals surface area contributed by atoms with E-state index in [0.717, 1.165) is 6.42 Å². The Bertz CT molecular complexity index is 247. The topological polar surface area (TPSA) is 50.9 Å². The summed E-state index contributed by atoms with van der Waals surface area (Å²) < 4.78 is 0. The predicted molar refractivity (Wildman–Crippen MR) is 49.4 cm³/mol. The van der Waals surface area contributed by atoms with E-state index < -0.39 is 0 Å². The molecule has 0 radical (unpaired) electrons. The predicted octanol–water partition coefficient (Wildman–Crippen LogP) is 1.17. The molecule has 0 saturated heterocycles. The first-order valence-corrected chi connectivity index (χ1v) is 4.18. The number of nitrogens with zero attached hydrogens (tertiary/aromatic N) is 1. The van der Waals surface area contributed by atoms with Gasteiger partial charge in [0.25, 0.3) is 0 Å². The van der Waals surface area contributed by atoms with Crippen LogP contribution in [0.4, 0.5) is 0 Å². The van der Waals surface area contributed by atoms with E-state index >= 15 is 0 Å². The van der Waals surface area contributed by atoms with Crippen molar-refractivity contribution >= 4 is 0 Å². The first-order chi connectivity index (χ1) is 5.79. The minimum Gasteiger partial charge on any atom is -0.271 e. The average molecular weight is 165 g/mol. The van der Waals surface area contributed by atoms with Gasteiger partial charge < -0.3 is 0 Å². The van der Waals surface area contributed by atoms with Crippen molar-refractivity contribution in [2.75, 3.05) is 0 Å². The van der Waals surface area contributed by atoms with E-state index in [2.05, 4.69) is 17.3 Å². The van der Waals surface area contributed by atoms with Crippen LogP contribution in [0.5, 0.6) is 0 Å². The quantitative estimate of drug-likeness (QED) is 0.522. The Kier molecular flexibility index (Phi) is 3.19. The molecule has 3 nitrogen and oxygen atoms in total. The third-order valence-electron chi connectivity index (χ3n) is 2.04. The summed E-state index contributed by atoms with van der Waals surface area (Å²) >= 11 is 0. The second-order valence-electron chi connectivity index (χ2n) is 2.82. The van der Waals surface area contributed by atoms with Crippen LogP contribution >= 0.6 is 0 Å².